The number of carbonyl (C=O) groups excluding carboxylic acids is 1. The molecule has 126 valence electrons. The molecule has 3 aromatic rings. The van der Waals surface area contributed by atoms with Crippen molar-refractivity contribution in [2.75, 3.05) is 5.32 Å². The lowest BCUT2D eigenvalue weighted by Gasteiger charge is -2.10. The molecule has 2 atom stereocenters. The van der Waals surface area contributed by atoms with Crippen LogP contribution in [0, 0.1) is 12.8 Å². The highest BCUT2D eigenvalue weighted by Gasteiger charge is 2.44. The van der Waals surface area contributed by atoms with Crippen molar-refractivity contribution in [2.45, 2.75) is 25.9 Å². The summed E-state index contributed by atoms with van der Waals surface area (Å²) >= 11 is 0. The fourth-order valence-electron chi connectivity index (χ4n) is 3.53. The molecule has 0 heterocycles. The van der Waals surface area contributed by atoms with Crippen LogP contribution in [0.2, 0.25) is 0 Å². The van der Waals surface area contributed by atoms with Crippen molar-refractivity contribution in [1.29, 1.82) is 0 Å². The highest BCUT2D eigenvalue weighted by molar-refractivity contribution is 5.97. The third kappa shape index (κ3) is 3.03. The maximum absolute atomic E-state index is 12.7. The predicted octanol–water partition coefficient (Wildman–Crippen LogP) is 4.38. The molecular formula is C22H21NO2. The first kappa shape index (κ1) is 15.9. The van der Waals surface area contributed by atoms with Crippen LogP contribution in [0.15, 0.2) is 60.7 Å². The number of hydrogen-bond donors (Lipinski definition) is 2. The molecule has 0 radical (unpaired) electrons. The lowest BCUT2D eigenvalue weighted by molar-refractivity contribution is -0.117. The van der Waals surface area contributed by atoms with Crippen LogP contribution >= 0.6 is 0 Å². The van der Waals surface area contributed by atoms with Gasteiger partial charge in [0.05, 0.1) is 6.61 Å². The number of rotatable bonds is 4. The molecule has 1 saturated carbocycles. The van der Waals surface area contributed by atoms with Crippen molar-refractivity contribution >= 4 is 22.4 Å². The lowest BCUT2D eigenvalue weighted by atomic mass is 10.00. The second-order valence-electron chi connectivity index (χ2n) is 6.81. The molecule has 0 saturated heterocycles. The van der Waals surface area contributed by atoms with Gasteiger partial charge in [0.1, 0.15) is 0 Å². The van der Waals surface area contributed by atoms with E-state index < -0.39 is 0 Å². The van der Waals surface area contributed by atoms with Crippen molar-refractivity contribution in [3.63, 3.8) is 0 Å². The summed E-state index contributed by atoms with van der Waals surface area (Å²) in [4.78, 5) is 12.7. The number of anilines is 1. The van der Waals surface area contributed by atoms with Crippen LogP contribution in [-0.4, -0.2) is 11.0 Å². The van der Waals surface area contributed by atoms with Gasteiger partial charge in [-0.1, -0.05) is 54.6 Å². The number of aliphatic hydroxyl groups is 1. The van der Waals surface area contributed by atoms with Crippen LogP contribution in [0.5, 0.6) is 0 Å². The summed E-state index contributed by atoms with van der Waals surface area (Å²) in [5.74, 6) is 0.367. The number of fused-ring (bicyclic) bond motifs is 1. The second kappa shape index (κ2) is 6.34. The van der Waals surface area contributed by atoms with Crippen molar-refractivity contribution < 1.29 is 9.90 Å². The molecular weight excluding hydrogens is 310 g/mol. The first-order valence-corrected chi connectivity index (χ1v) is 8.66. The van der Waals surface area contributed by atoms with Crippen LogP contribution in [-0.2, 0) is 11.4 Å². The van der Waals surface area contributed by atoms with Crippen molar-refractivity contribution in [3.05, 3.63) is 77.4 Å². The average Bonchev–Trinajstić information content (AvgIpc) is 3.44. The Labute approximate surface area is 147 Å². The standard InChI is InChI=1S/C22H21NO2/c1-14-9-10-15(13-24)11-21(14)23-22(25)20-12-19(20)18-8-4-6-16-5-2-3-7-17(16)18/h2-11,19-20,24H,12-13H2,1H3,(H,23,25). The fraction of sp³-hybridized carbons (Fsp3) is 0.227. The Bertz CT molecular complexity index is 942. The van der Waals surface area contributed by atoms with Gasteiger partial charge < -0.3 is 10.4 Å². The van der Waals surface area contributed by atoms with Gasteiger partial charge in [0.25, 0.3) is 0 Å². The molecule has 2 N–H and O–H groups in total. The summed E-state index contributed by atoms with van der Waals surface area (Å²) in [6, 6.07) is 20.3. The number of hydrogen-bond acceptors (Lipinski definition) is 2. The molecule has 4 rings (SSSR count). The summed E-state index contributed by atoms with van der Waals surface area (Å²) in [6.45, 7) is 1.94. The van der Waals surface area contributed by atoms with Gasteiger partial charge in [-0.25, -0.2) is 0 Å². The van der Waals surface area contributed by atoms with Crippen LogP contribution in [0.3, 0.4) is 0 Å². The van der Waals surface area contributed by atoms with E-state index in [0.717, 1.165) is 23.2 Å². The van der Waals surface area contributed by atoms with Crippen LogP contribution < -0.4 is 5.32 Å². The van der Waals surface area contributed by atoms with Gasteiger partial charge >= 0.3 is 0 Å². The molecule has 3 aromatic carbocycles. The minimum atomic E-state index is -0.0226. The maximum atomic E-state index is 12.7. The molecule has 0 bridgehead atoms. The number of carbonyl (C=O) groups is 1. The number of benzene rings is 3. The van der Waals surface area contributed by atoms with Gasteiger partial charge in [0.2, 0.25) is 5.91 Å². The quantitative estimate of drug-likeness (QED) is 0.745. The van der Waals surface area contributed by atoms with E-state index >= 15 is 0 Å². The Balaban J connectivity index is 1.54. The minimum absolute atomic E-state index is 0.0167. The Morgan fingerprint density at radius 3 is 2.76 bits per heavy atom. The van der Waals surface area contributed by atoms with E-state index in [0.29, 0.717) is 0 Å². The third-order valence-corrected chi connectivity index (χ3v) is 5.09. The highest BCUT2D eigenvalue weighted by Crippen LogP contribution is 2.50. The lowest BCUT2D eigenvalue weighted by Crippen LogP contribution is -2.15. The highest BCUT2D eigenvalue weighted by atomic mass is 16.3. The molecule has 3 nitrogen and oxygen atoms in total. The fourth-order valence-corrected chi connectivity index (χ4v) is 3.53. The van der Waals surface area contributed by atoms with Crippen LogP contribution in [0.1, 0.15) is 29.0 Å². The molecule has 1 aliphatic rings. The van der Waals surface area contributed by atoms with E-state index in [-0.39, 0.29) is 24.3 Å². The summed E-state index contributed by atoms with van der Waals surface area (Å²) < 4.78 is 0. The molecule has 0 aromatic heterocycles. The Kier molecular flexibility index (Phi) is 4.02. The molecule has 25 heavy (non-hydrogen) atoms. The molecule has 2 unspecified atom stereocenters. The predicted molar refractivity (Wildman–Crippen MR) is 101 cm³/mol. The van der Waals surface area contributed by atoms with E-state index in [4.69, 9.17) is 0 Å². The van der Waals surface area contributed by atoms with Gasteiger partial charge in [-0.15, -0.1) is 0 Å². The smallest absolute Gasteiger partial charge is 0.228 e. The largest absolute Gasteiger partial charge is 0.392 e. The monoisotopic (exact) mass is 331 g/mol. The van der Waals surface area contributed by atoms with E-state index in [1.165, 1.54) is 16.3 Å². The SMILES string of the molecule is Cc1ccc(CO)cc1NC(=O)C1CC1c1cccc2ccccc12. The van der Waals surface area contributed by atoms with Gasteiger partial charge in [0.15, 0.2) is 0 Å². The topological polar surface area (TPSA) is 49.3 Å². The van der Waals surface area contributed by atoms with Gasteiger partial charge in [0, 0.05) is 11.6 Å². The molecule has 1 aliphatic carbocycles. The second-order valence-corrected chi connectivity index (χ2v) is 6.81. The Hall–Kier alpha value is -2.65. The molecule has 0 spiro atoms. The maximum Gasteiger partial charge on any atom is 0.228 e. The summed E-state index contributed by atoms with van der Waals surface area (Å²) in [6.07, 6.45) is 0.887. The number of nitrogens with one attached hydrogen (secondary N) is 1. The number of amides is 1. The zero-order valence-electron chi connectivity index (χ0n) is 14.2. The van der Waals surface area contributed by atoms with Crippen LogP contribution in [0.25, 0.3) is 10.8 Å². The summed E-state index contributed by atoms with van der Waals surface area (Å²) in [5, 5.41) is 14.8. The zero-order valence-corrected chi connectivity index (χ0v) is 14.2. The minimum Gasteiger partial charge on any atom is -0.392 e. The van der Waals surface area contributed by atoms with Crippen molar-refractivity contribution in [1.82, 2.24) is 0 Å². The van der Waals surface area contributed by atoms with E-state index in [2.05, 4.69) is 35.6 Å². The normalized spacial score (nSPS) is 19.0. The molecule has 1 fully saturated rings. The van der Waals surface area contributed by atoms with Crippen molar-refractivity contribution in [3.8, 4) is 0 Å². The summed E-state index contributed by atoms with van der Waals surface area (Å²) in [5.41, 5.74) is 3.87. The van der Waals surface area contributed by atoms with E-state index in [9.17, 15) is 9.90 Å². The first-order valence-electron chi connectivity index (χ1n) is 8.66. The molecule has 3 heteroatoms. The van der Waals surface area contributed by atoms with Gasteiger partial charge in [-0.3, -0.25) is 4.79 Å². The number of aliphatic hydroxyl groups excluding tert-OH is 1. The van der Waals surface area contributed by atoms with Crippen LogP contribution in [0.4, 0.5) is 5.69 Å². The Morgan fingerprint density at radius 2 is 1.92 bits per heavy atom. The first-order chi connectivity index (χ1) is 12.2. The molecule has 0 aliphatic heterocycles. The number of aryl methyl sites for hydroxylation is 1. The van der Waals surface area contributed by atoms with Crippen molar-refractivity contribution in [2.24, 2.45) is 5.92 Å². The van der Waals surface area contributed by atoms with Gasteiger partial charge in [-0.05, 0) is 52.8 Å². The van der Waals surface area contributed by atoms with E-state index in [1.54, 1.807) is 0 Å². The van der Waals surface area contributed by atoms with Gasteiger partial charge in [-0.2, -0.15) is 0 Å². The Morgan fingerprint density at radius 1 is 1.12 bits per heavy atom. The molecule has 1 amide bonds. The third-order valence-electron chi connectivity index (χ3n) is 5.09. The zero-order chi connectivity index (χ0) is 17.4. The van der Waals surface area contributed by atoms with E-state index in [1.807, 2.05) is 37.3 Å². The summed E-state index contributed by atoms with van der Waals surface area (Å²) in [7, 11) is 0. The average molecular weight is 331 g/mol.